The summed E-state index contributed by atoms with van der Waals surface area (Å²) in [7, 11) is -0.446. The number of ketones is 3. The van der Waals surface area contributed by atoms with Gasteiger partial charge in [0.25, 0.3) is 0 Å². The summed E-state index contributed by atoms with van der Waals surface area (Å²) in [6.45, 7) is 0. The highest BCUT2D eigenvalue weighted by atomic mass is 31.1. The van der Waals surface area contributed by atoms with Crippen LogP contribution in [0.2, 0.25) is 0 Å². The van der Waals surface area contributed by atoms with Gasteiger partial charge in [-0.25, -0.2) is 0 Å². The second-order valence-electron chi connectivity index (χ2n) is 16.0. The number of hydrogen-bond acceptors (Lipinski definition) is 3. The predicted molar refractivity (Wildman–Crippen MR) is 313 cm³/mol. The predicted octanol–water partition coefficient (Wildman–Crippen LogP) is 15.4. The van der Waals surface area contributed by atoms with E-state index in [1.807, 2.05) is 218 Å². The summed E-state index contributed by atoms with van der Waals surface area (Å²) in [4.78, 5) is 34.8. The van der Waals surface area contributed by atoms with Crippen LogP contribution < -0.4 is 15.9 Å². The fourth-order valence-corrected chi connectivity index (χ4v) is 9.11. The summed E-state index contributed by atoms with van der Waals surface area (Å²) >= 11 is 0. The molecular weight excluding hydrogens is 908 g/mol. The molecule has 0 radical (unpaired) electrons. The van der Waals surface area contributed by atoms with Crippen molar-refractivity contribution in [3.63, 3.8) is 0 Å². The molecule has 0 unspecified atom stereocenters. The van der Waals surface area contributed by atoms with Crippen LogP contribution in [0, 0.1) is 0 Å². The van der Waals surface area contributed by atoms with E-state index in [1.165, 1.54) is 15.9 Å². The zero-order chi connectivity index (χ0) is 50.8. The van der Waals surface area contributed by atoms with Crippen LogP contribution in [0.4, 0.5) is 0 Å². The van der Waals surface area contributed by atoms with Crippen molar-refractivity contribution in [3.8, 4) is 0 Å². The quantitative estimate of drug-likeness (QED) is 0.0760. The van der Waals surface area contributed by atoms with E-state index in [9.17, 15) is 14.4 Å². The molecule has 0 aromatic heterocycles. The Hall–Kier alpha value is -9.14. The maximum atomic E-state index is 11.6. The van der Waals surface area contributed by atoms with Crippen molar-refractivity contribution in [3.05, 3.63) is 343 Å². The van der Waals surface area contributed by atoms with Crippen LogP contribution in [0.15, 0.2) is 309 Å². The van der Waals surface area contributed by atoms with Crippen LogP contribution in [0.25, 0.3) is 36.5 Å². The first-order valence-electron chi connectivity index (χ1n) is 23.9. The molecule has 3 nitrogen and oxygen atoms in total. The van der Waals surface area contributed by atoms with E-state index in [0.29, 0.717) is 0 Å². The van der Waals surface area contributed by atoms with Crippen molar-refractivity contribution >= 4 is 77.6 Å². The Bertz CT molecular complexity index is 2650. The fraction of sp³-hybridized carbons (Fsp3) is 0. The lowest BCUT2D eigenvalue weighted by Gasteiger charge is -2.18. The van der Waals surface area contributed by atoms with E-state index < -0.39 is 7.92 Å². The Labute approximate surface area is 432 Å². The largest absolute Gasteiger partial charge is 0.290 e. The summed E-state index contributed by atoms with van der Waals surface area (Å²) in [6, 6.07) is 91.0. The minimum atomic E-state index is -0.446. The van der Waals surface area contributed by atoms with Gasteiger partial charge in [-0.1, -0.05) is 309 Å². The van der Waals surface area contributed by atoms with Crippen LogP contribution in [0.5, 0.6) is 0 Å². The molecule has 0 saturated carbocycles. The summed E-state index contributed by atoms with van der Waals surface area (Å²) in [5.41, 5.74) is 6.16. The molecule has 356 valence electrons. The molecule has 0 aliphatic heterocycles. The first kappa shape index (κ1) is 53.2. The second-order valence-corrected chi connectivity index (χ2v) is 18.2. The van der Waals surface area contributed by atoms with Crippen LogP contribution in [-0.2, 0) is 14.4 Å². The minimum absolute atomic E-state index is 0.0114. The van der Waals surface area contributed by atoms with Gasteiger partial charge in [-0.05, 0) is 93.7 Å². The molecule has 0 aliphatic rings. The smallest absolute Gasteiger partial charge is 0.178 e. The first-order chi connectivity index (χ1) is 36.0. The maximum Gasteiger partial charge on any atom is 0.178 e. The molecule has 9 rings (SSSR count). The average Bonchev–Trinajstić information content (AvgIpc) is 3.47. The van der Waals surface area contributed by atoms with Gasteiger partial charge in [0, 0.05) is 0 Å². The summed E-state index contributed by atoms with van der Waals surface area (Å²) < 4.78 is 0. The Morgan fingerprint density at radius 1 is 0.205 bits per heavy atom. The summed E-state index contributed by atoms with van der Waals surface area (Å²) in [5, 5.41) is 4.19. The zero-order valence-corrected chi connectivity index (χ0v) is 41.5. The van der Waals surface area contributed by atoms with E-state index in [-0.39, 0.29) is 17.3 Å². The van der Waals surface area contributed by atoms with E-state index in [4.69, 9.17) is 0 Å². The molecule has 0 fully saturated rings. The Balaban J connectivity index is 0.000000159. The van der Waals surface area contributed by atoms with Gasteiger partial charge in [0.05, 0.1) is 0 Å². The number of carbonyl (C=O) groups excluding carboxylic acids is 3. The van der Waals surface area contributed by atoms with Crippen LogP contribution in [0.1, 0.15) is 33.4 Å². The monoisotopic (exact) mass is 964 g/mol. The Kier molecular flexibility index (Phi) is 23.2. The van der Waals surface area contributed by atoms with Gasteiger partial charge >= 0.3 is 0 Å². The third-order valence-electron chi connectivity index (χ3n) is 10.5. The SMILES string of the molecule is O=C(C=Cc1ccccc1)C=Cc1ccccc1.O=C(C=Cc1ccccc1)C=Cc1ccccc1.O=C(C=Cc1ccccc1)C=Cc1ccccc1.c1ccc(P(c2ccccc2)c2ccccc2)cc1. The van der Waals surface area contributed by atoms with Gasteiger partial charge < -0.3 is 0 Å². The Morgan fingerprint density at radius 3 is 0.493 bits per heavy atom. The molecule has 4 heteroatoms. The molecule has 0 atom stereocenters. The molecule has 0 amide bonds. The molecule has 9 aromatic carbocycles. The average molecular weight is 965 g/mol. The lowest BCUT2D eigenvalue weighted by molar-refractivity contribution is -0.111. The van der Waals surface area contributed by atoms with Gasteiger partial charge in [0.15, 0.2) is 17.3 Å². The van der Waals surface area contributed by atoms with Gasteiger partial charge in [-0.3, -0.25) is 14.4 Å². The van der Waals surface area contributed by atoms with E-state index in [2.05, 4.69) is 91.0 Å². The molecule has 0 spiro atoms. The highest BCUT2D eigenvalue weighted by molar-refractivity contribution is 7.79. The third kappa shape index (κ3) is 21.2. The number of allylic oxidation sites excluding steroid dienone is 6. The van der Waals surface area contributed by atoms with Crippen LogP contribution in [-0.4, -0.2) is 17.3 Å². The van der Waals surface area contributed by atoms with Crippen molar-refractivity contribution in [1.82, 2.24) is 0 Å². The van der Waals surface area contributed by atoms with Gasteiger partial charge in [-0.15, -0.1) is 0 Å². The normalized spacial score (nSPS) is 11.0. The van der Waals surface area contributed by atoms with Gasteiger partial charge in [-0.2, -0.15) is 0 Å². The molecular formula is C69H57O3P. The van der Waals surface area contributed by atoms with E-state index in [0.717, 1.165) is 33.4 Å². The molecule has 0 saturated heterocycles. The Morgan fingerprint density at radius 2 is 0.342 bits per heavy atom. The lowest BCUT2D eigenvalue weighted by atomic mass is 10.1. The molecule has 9 aromatic rings. The van der Waals surface area contributed by atoms with Crippen LogP contribution >= 0.6 is 7.92 Å². The first-order valence-corrected chi connectivity index (χ1v) is 25.3. The van der Waals surface area contributed by atoms with E-state index in [1.54, 1.807) is 36.5 Å². The lowest BCUT2D eigenvalue weighted by Crippen LogP contribution is -2.20. The van der Waals surface area contributed by atoms with Crippen molar-refractivity contribution < 1.29 is 14.4 Å². The second kappa shape index (κ2) is 31.9. The minimum Gasteiger partial charge on any atom is -0.290 e. The number of carbonyl (C=O) groups is 3. The van der Waals surface area contributed by atoms with Crippen molar-refractivity contribution in [2.24, 2.45) is 0 Å². The van der Waals surface area contributed by atoms with Gasteiger partial charge in [0.1, 0.15) is 0 Å². The fourth-order valence-electron chi connectivity index (χ4n) is 6.80. The summed E-state index contributed by atoms with van der Waals surface area (Å²) in [6.07, 6.45) is 20.4. The highest BCUT2D eigenvalue weighted by Gasteiger charge is 2.15. The van der Waals surface area contributed by atoms with Crippen molar-refractivity contribution in [2.75, 3.05) is 0 Å². The molecule has 73 heavy (non-hydrogen) atoms. The number of benzene rings is 9. The van der Waals surface area contributed by atoms with Crippen LogP contribution in [0.3, 0.4) is 0 Å². The molecule has 0 N–H and O–H groups in total. The van der Waals surface area contributed by atoms with E-state index >= 15 is 0 Å². The van der Waals surface area contributed by atoms with Crippen molar-refractivity contribution in [2.45, 2.75) is 0 Å². The molecule has 0 bridgehead atoms. The highest BCUT2D eigenvalue weighted by Crippen LogP contribution is 2.32. The number of hydrogen-bond donors (Lipinski definition) is 0. The third-order valence-corrected chi connectivity index (χ3v) is 12.9. The standard InChI is InChI=1S/C18H15P.3C17H14O/c1-4-10-16(11-5-1)19(17-12-6-2-7-13-17)18-14-8-3-9-15-18;3*18-17(13-11-15-7-3-1-4-8-15)14-12-16-9-5-2-6-10-16/h1-15H;3*1-14H. The number of rotatable bonds is 15. The maximum absolute atomic E-state index is 11.6. The topological polar surface area (TPSA) is 51.2 Å². The molecule has 0 aliphatic carbocycles. The van der Waals surface area contributed by atoms with Gasteiger partial charge in [0.2, 0.25) is 0 Å². The summed E-state index contributed by atoms with van der Waals surface area (Å²) in [5.74, 6) is -0.0341. The zero-order valence-electron chi connectivity index (χ0n) is 40.6. The van der Waals surface area contributed by atoms with Crippen molar-refractivity contribution in [1.29, 1.82) is 0 Å². The molecule has 0 heterocycles.